The lowest BCUT2D eigenvalue weighted by atomic mass is 9.97. The first-order chi connectivity index (χ1) is 14.9. The minimum absolute atomic E-state index is 0.135. The van der Waals surface area contributed by atoms with E-state index in [9.17, 15) is 18.0 Å². The number of amides is 3. The van der Waals surface area contributed by atoms with Gasteiger partial charge in [0.25, 0.3) is 0 Å². The van der Waals surface area contributed by atoms with Crippen molar-refractivity contribution in [2.45, 2.75) is 12.8 Å². The molecule has 8 nitrogen and oxygen atoms in total. The molecule has 0 radical (unpaired) electrons. The van der Waals surface area contributed by atoms with Crippen molar-refractivity contribution < 1.29 is 18.0 Å². The molecule has 0 saturated carbocycles. The van der Waals surface area contributed by atoms with Crippen LogP contribution in [-0.2, 0) is 14.8 Å². The van der Waals surface area contributed by atoms with Crippen LogP contribution < -0.4 is 16.0 Å². The second-order valence-electron chi connectivity index (χ2n) is 7.20. The summed E-state index contributed by atoms with van der Waals surface area (Å²) in [6.45, 7) is 0.600. The second kappa shape index (κ2) is 10.2. The monoisotopic (exact) mass is 442 g/mol. The first kappa shape index (κ1) is 22.5. The molecule has 3 amide bonds. The van der Waals surface area contributed by atoms with E-state index in [0.717, 1.165) is 5.56 Å². The number of hydrogen-bond acceptors (Lipinski definition) is 4. The van der Waals surface area contributed by atoms with Gasteiger partial charge in [0.2, 0.25) is 15.9 Å². The molecule has 2 aromatic carbocycles. The predicted molar refractivity (Wildman–Crippen MR) is 122 cm³/mol. The van der Waals surface area contributed by atoms with Gasteiger partial charge in [0.1, 0.15) is 0 Å². The van der Waals surface area contributed by atoms with E-state index in [1.807, 2.05) is 30.3 Å². The summed E-state index contributed by atoms with van der Waals surface area (Å²) in [5.74, 6) is -0.392. The molecule has 31 heavy (non-hydrogen) atoms. The highest BCUT2D eigenvalue weighted by atomic mass is 32.2. The van der Waals surface area contributed by atoms with E-state index in [4.69, 9.17) is 0 Å². The minimum Gasteiger partial charge on any atom is -0.341 e. The van der Waals surface area contributed by atoms with E-state index >= 15 is 0 Å². The molecule has 0 spiro atoms. The van der Waals surface area contributed by atoms with Crippen LogP contribution in [0.15, 0.2) is 60.0 Å². The molecule has 1 aliphatic rings. The van der Waals surface area contributed by atoms with E-state index in [1.165, 1.54) is 16.8 Å². The molecule has 0 bridgehead atoms. The Morgan fingerprint density at radius 2 is 1.52 bits per heavy atom. The van der Waals surface area contributed by atoms with E-state index in [0.29, 0.717) is 37.3 Å². The van der Waals surface area contributed by atoms with Crippen LogP contribution in [0, 0.1) is 5.92 Å². The number of benzene rings is 2. The normalized spacial score (nSPS) is 15.5. The maximum absolute atomic E-state index is 12.6. The maximum atomic E-state index is 12.6. The fraction of sp³-hybridized carbons (Fsp3) is 0.273. The third-order valence-corrected chi connectivity index (χ3v) is 6.62. The summed E-state index contributed by atoms with van der Waals surface area (Å²) >= 11 is 0. The Bertz CT molecular complexity index is 1030. The number of nitrogens with one attached hydrogen (secondary N) is 3. The molecule has 0 atom stereocenters. The number of sulfonamides is 1. The average Bonchev–Trinajstić information content (AvgIpc) is 2.79. The molecule has 2 aromatic rings. The molecule has 0 aromatic heterocycles. The SMILES string of the molecule is CNC(=O)Nc1ccc(NC(=O)C2CCN(S(=O)(=O)/C=C/c3ccccc3)CC2)cc1. The highest BCUT2D eigenvalue weighted by Crippen LogP contribution is 2.23. The lowest BCUT2D eigenvalue weighted by molar-refractivity contribution is -0.120. The Hall–Kier alpha value is -3.17. The fourth-order valence-electron chi connectivity index (χ4n) is 3.26. The molecule has 1 heterocycles. The topological polar surface area (TPSA) is 108 Å². The molecule has 3 N–H and O–H groups in total. The van der Waals surface area contributed by atoms with Gasteiger partial charge in [-0.15, -0.1) is 0 Å². The summed E-state index contributed by atoms with van der Waals surface area (Å²) < 4.78 is 26.5. The summed E-state index contributed by atoms with van der Waals surface area (Å²) in [7, 11) is -2.00. The van der Waals surface area contributed by atoms with E-state index in [2.05, 4.69) is 16.0 Å². The van der Waals surface area contributed by atoms with Crippen LogP contribution in [0.2, 0.25) is 0 Å². The van der Waals surface area contributed by atoms with Crippen molar-refractivity contribution in [3.8, 4) is 0 Å². The summed E-state index contributed by atoms with van der Waals surface area (Å²) in [6, 6.07) is 15.7. The lowest BCUT2D eigenvalue weighted by Crippen LogP contribution is -2.40. The predicted octanol–water partition coefficient (Wildman–Crippen LogP) is 3.09. The van der Waals surface area contributed by atoms with Crippen LogP contribution in [0.3, 0.4) is 0 Å². The Labute approximate surface area is 182 Å². The first-order valence-corrected chi connectivity index (χ1v) is 11.5. The van der Waals surface area contributed by atoms with Crippen LogP contribution in [0.4, 0.5) is 16.2 Å². The van der Waals surface area contributed by atoms with Gasteiger partial charge in [0.05, 0.1) is 0 Å². The zero-order chi connectivity index (χ0) is 22.3. The number of hydrogen-bond donors (Lipinski definition) is 3. The number of piperidine rings is 1. The van der Waals surface area contributed by atoms with Crippen molar-refractivity contribution in [2.75, 3.05) is 30.8 Å². The third kappa shape index (κ3) is 6.40. The Balaban J connectivity index is 1.51. The number of carbonyl (C=O) groups excluding carboxylic acids is 2. The molecular formula is C22H26N4O4S. The van der Waals surface area contributed by atoms with Crippen LogP contribution in [-0.4, -0.2) is 44.8 Å². The van der Waals surface area contributed by atoms with Crippen molar-refractivity contribution in [3.05, 3.63) is 65.6 Å². The van der Waals surface area contributed by atoms with Gasteiger partial charge in [-0.25, -0.2) is 13.2 Å². The number of urea groups is 1. The molecule has 164 valence electrons. The Kier molecular flexibility index (Phi) is 7.43. The molecule has 0 unspecified atom stereocenters. The van der Waals surface area contributed by atoms with Crippen LogP contribution in [0.25, 0.3) is 6.08 Å². The van der Waals surface area contributed by atoms with Crippen molar-refractivity contribution >= 4 is 39.4 Å². The van der Waals surface area contributed by atoms with Gasteiger partial charge < -0.3 is 16.0 Å². The number of rotatable bonds is 6. The zero-order valence-electron chi connectivity index (χ0n) is 17.2. The number of anilines is 2. The van der Waals surface area contributed by atoms with Gasteiger partial charge in [-0.2, -0.15) is 4.31 Å². The first-order valence-electron chi connectivity index (χ1n) is 10.0. The Morgan fingerprint density at radius 1 is 0.935 bits per heavy atom. The Morgan fingerprint density at radius 3 is 2.10 bits per heavy atom. The molecule has 3 rings (SSSR count). The smallest absolute Gasteiger partial charge is 0.318 e. The highest BCUT2D eigenvalue weighted by molar-refractivity contribution is 7.92. The van der Waals surface area contributed by atoms with Gasteiger partial charge in [0, 0.05) is 42.8 Å². The minimum atomic E-state index is -3.53. The quantitative estimate of drug-likeness (QED) is 0.639. The zero-order valence-corrected chi connectivity index (χ0v) is 18.1. The van der Waals surface area contributed by atoms with Gasteiger partial charge in [0.15, 0.2) is 0 Å². The highest BCUT2D eigenvalue weighted by Gasteiger charge is 2.30. The summed E-state index contributed by atoms with van der Waals surface area (Å²) in [5.41, 5.74) is 2.05. The van der Waals surface area contributed by atoms with Gasteiger partial charge in [-0.1, -0.05) is 30.3 Å². The van der Waals surface area contributed by atoms with Gasteiger partial charge in [-0.05, 0) is 48.7 Å². The molecule has 0 aliphatic carbocycles. The van der Waals surface area contributed by atoms with Gasteiger partial charge in [-0.3, -0.25) is 4.79 Å². The maximum Gasteiger partial charge on any atom is 0.318 e. The van der Waals surface area contributed by atoms with Crippen LogP contribution in [0.1, 0.15) is 18.4 Å². The van der Waals surface area contributed by atoms with E-state index < -0.39 is 10.0 Å². The average molecular weight is 443 g/mol. The van der Waals surface area contributed by atoms with Crippen molar-refractivity contribution in [2.24, 2.45) is 5.92 Å². The standard InChI is InChI=1S/C22H26N4O4S/c1-23-22(28)25-20-9-7-19(8-10-20)24-21(27)18-11-14-26(15-12-18)31(29,30)16-13-17-5-3-2-4-6-17/h2-10,13,16,18H,11-12,14-15H2,1H3,(H,24,27)(H2,23,25,28)/b16-13+. The van der Waals surface area contributed by atoms with E-state index in [-0.39, 0.29) is 17.9 Å². The summed E-state index contributed by atoms with van der Waals surface area (Å²) in [6.07, 6.45) is 2.50. The lowest BCUT2D eigenvalue weighted by Gasteiger charge is -2.29. The molecule has 9 heteroatoms. The van der Waals surface area contributed by atoms with Crippen LogP contribution in [0.5, 0.6) is 0 Å². The second-order valence-corrected chi connectivity index (χ2v) is 9.02. The van der Waals surface area contributed by atoms with Crippen molar-refractivity contribution in [1.82, 2.24) is 9.62 Å². The summed E-state index contributed by atoms with van der Waals surface area (Å²) in [5, 5.41) is 9.18. The third-order valence-electron chi connectivity index (χ3n) is 5.05. The number of carbonyl (C=O) groups is 2. The molecule has 1 aliphatic heterocycles. The summed E-state index contributed by atoms with van der Waals surface area (Å²) in [4.78, 5) is 23.9. The van der Waals surface area contributed by atoms with Crippen molar-refractivity contribution in [3.63, 3.8) is 0 Å². The van der Waals surface area contributed by atoms with Crippen LogP contribution >= 0.6 is 0 Å². The molecule has 1 saturated heterocycles. The van der Waals surface area contributed by atoms with E-state index in [1.54, 1.807) is 30.3 Å². The fourth-order valence-corrected chi connectivity index (χ4v) is 4.48. The molecular weight excluding hydrogens is 416 g/mol. The largest absolute Gasteiger partial charge is 0.341 e. The van der Waals surface area contributed by atoms with Crippen molar-refractivity contribution in [1.29, 1.82) is 0 Å². The number of nitrogens with zero attached hydrogens (tertiary/aromatic N) is 1. The molecule has 1 fully saturated rings. The van der Waals surface area contributed by atoms with Gasteiger partial charge >= 0.3 is 6.03 Å².